The summed E-state index contributed by atoms with van der Waals surface area (Å²) in [5, 5.41) is 1.27. The van der Waals surface area contributed by atoms with Gasteiger partial charge in [-0.3, -0.25) is 9.80 Å². The van der Waals surface area contributed by atoms with Crippen LogP contribution < -0.4 is 14.4 Å². The number of likely N-dealkylation sites (tertiary alicyclic amines) is 2. The maximum absolute atomic E-state index is 6.07. The van der Waals surface area contributed by atoms with Crippen molar-refractivity contribution in [2.24, 2.45) is 0 Å². The zero-order valence-electron chi connectivity index (χ0n) is 23.0. The lowest BCUT2D eigenvalue weighted by Gasteiger charge is -2.22. The van der Waals surface area contributed by atoms with Crippen LogP contribution in [0.25, 0.3) is 20.5 Å². The molecule has 3 aromatic carbocycles. The van der Waals surface area contributed by atoms with Crippen LogP contribution in [0.2, 0.25) is 0 Å². The fourth-order valence-electron chi connectivity index (χ4n) is 5.76. The van der Waals surface area contributed by atoms with Crippen LogP contribution >= 0.6 is 11.3 Å². The number of nitrogens with zero attached hydrogens (tertiary/aromatic N) is 3. The molecule has 0 spiro atoms. The van der Waals surface area contributed by atoms with Crippen LogP contribution in [0.3, 0.4) is 0 Å². The minimum Gasteiger partial charge on any atom is -0.492 e. The highest BCUT2D eigenvalue weighted by Gasteiger charge is 2.19. The first kappa shape index (κ1) is 26.2. The van der Waals surface area contributed by atoms with Gasteiger partial charge in [-0.1, -0.05) is 18.2 Å². The molecule has 2 aliphatic heterocycles. The first-order valence-corrected chi connectivity index (χ1v) is 15.2. The van der Waals surface area contributed by atoms with Gasteiger partial charge in [0.05, 0.1) is 10.6 Å². The largest absolute Gasteiger partial charge is 0.492 e. The standard InChI is InChI=1S/C33H39N3O2S/c1-34(27-12-16-29(17-13-27)38-25-23-36-20-6-7-21-36)32-30-8-2-3-9-31(30)39-33(32)26-10-14-28(15-11-26)37-24-22-35-18-4-5-19-35/h2-3,8-17H,4-7,18-25H2,1H3. The van der Waals surface area contributed by atoms with Crippen LogP contribution in [0.1, 0.15) is 25.7 Å². The minimum absolute atomic E-state index is 0.743. The van der Waals surface area contributed by atoms with Crippen molar-refractivity contribution in [3.8, 4) is 21.9 Å². The number of thiophene rings is 1. The highest BCUT2D eigenvalue weighted by Crippen LogP contribution is 2.46. The third kappa shape index (κ3) is 6.24. The van der Waals surface area contributed by atoms with Crippen LogP contribution in [-0.4, -0.2) is 69.3 Å². The normalized spacial score (nSPS) is 16.2. The molecule has 2 fully saturated rings. The molecule has 204 valence electrons. The SMILES string of the molecule is CN(c1ccc(OCCN2CCCC2)cc1)c1c(-c2ccc(OCCN3CCCC3)cc2)sc2ccccc12. The molecule has 39 heavy (non-hydrogen) atoms. The van der Waals surface area contributed by atoms with E-state index >= 15 is 0 Å². The molecule has 2 saturated heterocycles. The molecule has 6 heteroatoms. The fourth-order valence-corrected chi connectivity index (χ4v) is 6.99. The predicted octanol–water partition coefficient (Wildman–Crippen LogP) is 7.29. The quantitative estimate of drug-likeness (QED) is 0.199. The minimum atomic E-state index is 0.743. The average molecular weight is 542 g/mol. The van der Waals surface area contributed by atoms with Gasteiger partial charge >= 0.3 is 0 Å². The molecule has 0 radical (unpaired) electrons. The van der Waals surface area contributed by atoms with E-state index in [2.05, 4.69) is 94.5 Å². The first-order chi connectivity index (χ1) is 19.2. The van der Waals surface area contributed by atoms with Crippen molar-refractivity contribution in [3.05, 3.63) is 72.8 Å². The molecule has 0 saturated carbocycles. The topological polar surface area (TPSA) is 28.2 Å². The number of hydrogen-bond acceptors (Lipinski definition) is 6. The van der Waals surface area contributed by atoms with Crippen LogP contribution in [0.4, 0.5) is 11.4 Å². The number of fused-ring (bicyclic) bond motifs is 1. The van der Waals surface area contributed by atoms with Crippen molar-refractivity contribution in [1.29, 1.82) is 0 Å². The second-order valence-electron chi connectivity index (χ2n) is 10.6. The van der Waals surface area contributed by atoms with Gasteiger partial charge in [0.25, 0.3) is 0 Å². The molecule has 2 aliphatic rings. The predicted molar refractivity (Wildman–Crippen MR) is 164 cm³/mol. The number of anilines is 2. The van der Waals surface area contributed by atoms with Crippen molar-refractivity contribution < 1.29 is 9.47 Å². The summed E-state index contributed by atoms with van der Waals surface area (Å²) in [5.74, 6) is 1.87. The average Bonchev–Trinajstić information content (AvgIpc) is 3.75. The summed E-state index contributed by atoms with van der Waals surface area (Å²) in [6.45, 7) is 8.33. The first-order valence-electron chi connectivity index (χ1n) is 14.4. The van der Waals surface area contributed by atoms with Gasteiger partial charge in [-0.2, -0.15) is 0 Å². The smallest absolute Gasteiger partial charge is 0.119 e. The Hall–Kier alpha value is -3.06. The summed E-state index contributed by atoms with van der Waals surface area (Å²) in [4.78, 5) is 8.55. The summed E-state index contributed by atoms with van der Waals surface area (Å²) in [5.41, 5.74) is 3.60. The van der Waals surface area contributed by atoms with E-state index in [9.17, 15) is 0 Å². The summed E-state index contributed by atoms with van der Waals surface area (Å²) in [6, 6.07) is 25.8. The highest BCUT2D eigenvalue weighted by atomic mass is 32.1. The van der Waals surface area contributed by atoms with Crippen LogP contribution in [0, 0.1) is 0 Å². The Kier molecular flexibility index (Phi) is 8.33. The molecule has 4 aromatic rings. The Labute approximate surface area is 236 Å². The molecule has 3 heterocycles. The van der Waals surface area contributed by atoms with Gasteiger partial charge in [-0.05, 0) is 112 Å². The molecular weight excluding hydrogens is 502 g/mol. The van der Waals surface area contributed by atoms with Crippen molar-refractivity contribution >= 4 is 32.8 Å². The van der Waals surface area contributed by atoms with Gasteiger partial charge in [0, 0.05) is 35.9 Å². The van der Waals surface area contributed by atoms with E-state index in [0.717, 1.165) is 43.5 Å². The van der Waals surface area contributed by atoms with Crippen molar-refractivity contribution in [3.63, 3.8) is 0 Å². The second-order valence-corrected chi connectivity index (χ2v) is 11.7. The van der Waals surface area contributed by atoms with Gasteiger partial charge in [0.2, 0.25) is 0 Å². The lowest BCUT2D eigenvalue weighted by atomic mass is 10.1. The number of benzene rings is 3. The summed E-state index contributed by atoms with van der Waals surface area (Å²) in [6.07, 6.45) is 5.27. The Morgan fingerprint density at radius 1 is 0.692 bits per heavy atom. The third-order valence-corrected chi connectivity index (χ3v) is 9.20. The van der Waals surface area contributed by atoms with E-state index in [1.54, 1.807) is 0 Å². The lowest BCUT2D eigenvalue weighted by Crippen LogP contribution is -2.25. The third-order valence-electron chi connectivity index (χ3n) is 8.00. The highest BCUT2D eigenvalue weighted by molar-refractivity contribution is 7.23. The Morgan fingerprint density at radius 3 is 1.82 bits per heavy atom. The number of hydrogen-bond donors (Lipinski definition) is 0. The molecule has 0 aliphatic carbocycles. The van der Waals surface area contributed by atoms with E-state index in [-0.39, 0.29) is 0 Å². The maximum Gasteiger partial charge on any atom is 0.119 e. The molecular formula is C33H39N3O2S. The molecule has 0 bridgehead atoms. The van der Waals surface area contributed by atoms with E-state index in [1.807, 2.05) is 11.3 Å². The van der Waals surface area contributed by atoms with E-state index < -0.39 is 0 Å². The van der Waals surface area contributed by atoms with Gasteiger partial charge in [-0.15, -0.1) is 11.3 Å². The molecule has 6 rings (SSSR count). The maximum atomic E-state index is 6.07. The number of rotatable bonds is 11. The summed E-state index contributed by atoms with van der Waals surface area (Å²) in [7, 11) is 2.16. The second kappa shape index (κ2) is 12.4. The lowest BCUT2D eigenvalue weighted by molar-refractivity contribution is 0.237. The molecule has 0 amide bonds. The number of ether oxygens (including phenoxy) is 2. The fraction of sp³-hybridized carbons (Fsp3) is 0.394. The zero-order valence-corrected chi connectivity index (χ0v) is 23.8. The van der Waals surface area contributed by atoms with Gasteiger partial charge < -0.3 is 14.4 Å². The molecule has 0 unspecified atom stereocenters. The zero-order chi connectivity index (χ0) is 26.4. The van der Waals surface area contributed by atoms with E-state index in [4.69, 9.17) is 9.47 Å². The van der Waals surface area contributed by atoms with Gasteiger partial charge in [0.15, 0.2) is 0 Å². The van der Waals surface area contributed by atoms with Crippen LogP contribution in [0.5, 0.6) is 11.5 Å². The molecule has 0 N–H and O–H groups in total. The van der Waals surface area contributed by atoms with E-state index in [0.29, 0.717) is 0 Å². The monoisotopic (exact) mass is 541 g/mol. The molecule has 0 atom stereocenters. The van der Waals surface area contributed by atoms with E-state index in [1.165, 1.54) is 78.1 Å². The van der Waals surface area contributed by atoms with Gasteiger partial charge in [-0.25, -0.2) is 0 Å². The Balaban J connectivity index is 1.17. The van der Waals surface area contributed by atoms with Crippen molar-refractivity contribution in [2.45, 2.75) is 25.7 Å². The summed E-state index contributed by atoms with van der Waals surface area (Å²) >= 11 is 1.85. The molecule has 5 nitrogen and oxygen atoms in total. The Morgan fingerprint density at radius 2 is 1.23 bits per heavy atom. The van der Waals surface area contributed by atoms with Crippen LogP contribution in [0.15, 0.2) is 72.8 Å². The van der Waals surface area contributed by atoms with Crippen molar-refractivity contribution in [1.82, 2.24) is 9.80 Å². The Bertz CT molecular complexity index is 1340. The summed E-state index contributed by atoms with van der Waals surface area (Å²) < 4.78 is 13.4. The molecule has 1 aromatic heterocycles. The van der Waals surface area contributed by atoms with Crippen molar-refractivity contribution in [2.75, 3.05) is 64.4 Å². The van der Waals surface area contributed by atoms with Crippen LogP contribution in [-0.2, 0) is 0 Å². The van der Waals surface area contributed by atoms with Gasteiger partial charge in [0.1, 0.15) is 24.7 Å².